The molecule has 0 atom stereocenters. The van der Waals surface area contributed by atoms with Crippen LogP contribution < -0.4 is 10.6 Å². The van der Waals surface area contributed by atoms with E-state index in [1.165, 1.54) is 12.1 Å². The van der Waals surface area contributed by atoms with Gasteiger partial charge in [-0.25, -0.2) is 0 Å². The Morgan fingerprint density at radius 3 is 2.55 bits per heavy atom. The third-order valence-electron chi connectivity index (χ3n) is 2.83. The minimum absolute atomic E-state index is 0.0695. The van der Waals surface area contributed by atoms with Gasteiger partial charge in [0.25, 0.3) is 5.69 Å². The van der Waals surface area contributed by atoms with Crippen molar-refractivity contribution in [3.05, 3.63) is 28.3 Å². The number of benzene rings is 1. The first-order chi connectivity index (χ1) is 9.52. The highest BCUT2D eigenvalue weighted by Gasteiger charge is 2.08. The number of nitrogens with one attached hydrogen (secondary N) is 2. The second kappa shape index (κ2) is 8.37. The van der Waals surface area contributed by atoms with Gasteiger partial charge in [-0.1, -0.05) is 13.8 Å². The molecule has 1 aromatic carbocycles. The van der Waals surface area contributed by atoms with Crippen LogP contribution in [0.3, 0.4) is 0 Å². The standard InChI is InChI=1S/C14H23N3O3/c1-11(2)4-6-20-7-5-16-13-8-12(15-3)9-14(10-13)17(18)19/h8-11,15-16H,4-7H2,1-3H3. The molecule has 1 aromatic rings. The van der Waals surface area contributed by atoms with Gasteiger partial charge in [-0.3, -0.25) is 10.1 Å². The molecule has 0 aliphatic rings. The molecule has 20 heavy (non-hydrogen) atoms. The van der Waals surface area contributed by atoms with E-state index in [1.54, 1.807) is 7.05 Å². The zero-order valence-electron chi connectivity index (χ0n) is 12.3. The molecule has 0 bridgehead atoms. The van der Waals surface area contributed by atoms with Crippen molar-refractivity contribution in [3.8, 4) is 0 Å². The van der Waals surface area contributed by atoms with Gasteiger partial charge in [0.05, 0.1) is 11.5 Å². The molecule has 112 valence electrons. The Kier molecular flexibility index (Phi) is 6.79. The largest absolute Gasteiger partial charge is 0.388 e. The summed E-state index contributed by atoms with van der Waals surface area (Å²) >= 11 is 0. The summed E-state index contributed by atoms with van der Waals surface area (Å²) in [4.78, 5) is 10.4. The topological polar surface area (TPSA) is 76.4 Å². The van der Waals surface area contributed by atoms with E-state index in [9.17, 15) is 10.1 Å². The van der Waals surface area contributed by atoms with Crippen LogP contribution in [0.4, 0.5) is 17.1 Å². The normalized spacial score (nSPS) is 10.6. The summed E-state index contributed by atoms with van der Waals surface area (Å²) in [6, 6.07) is 4.86. The van der Waals surface area contributed by atoms with Gasteiger partial charge < -0.3 is 15.4 Å². The highest BCUT2D eigenvalue weighted by atomic mass is 16.6. The number of nitrogens with zero attached hydrogens (tertiary/aromatic N) is 1. The molecule has 0 fully saturated rings. The molecule has 0 spiro atoms. The number of hydrogen-bond donors (Lipinski definition) is 2. The first kappa shape index (κ1) is 16.2. The Bertz CT molecular complexity index is 436. The average Bonchev–Trinajstić information content (AvgIpc) is 2.41. The van der Waals surface area contributed by atoms with Crippen molar-refractivity contribution in [2.45, 2.75) is 20.3 Å². The SMILES string of the molecule is CNc1cc(NCCOCCC(C)C)cc([N+](=O)[O-])c1. The first-order valence-corrected chi connectivity index (χ1v) is 6.81. The molecule has 0 radical (unpaired) electrons. The summed E-state index contributed by atoms with van der Waals surface area (Å²) in [6.07, 6.45) is 1.04. The summed E-state index contributed by atoms with van der Waals surface area (Å²) in [5.41, 5.74) is 1.50. The Balaban J connectivity index is 2.43. The third kappa shape index (κ3) is 5.88. The van der Waals surface area contributed by atoms with Gasteiger partial charge in [0.1, 0.15) is 0 Å². The fourth-order valence-electron chi connectivity index (χ4n) is 1.65. The molecule has 0 amide bonds. The van der Waals surface area contributed by atoms with Crippen molar-refractivity contribution in [3.63, 3.8) is 0 Å². The van der Waals surface area contributed by atoms with Crippen LogP contribution in [0.25, 0.3) is 0 Å². The van der Waals surface area contributed by atoms with Crippen molar-refractivity contribution in [2.24, 2.45) is 5.92 Å². The molecule has 6 heteroatoms. The molecule has 0 aliphatic carbocycles. The van der Waals surface area contributed by atoms with Gasteiger partial charge in [0.2, 0.25) is 0 Å². The number of hydrogen-bond acceptors (Lipinski definition) is 5. The quantitative estimate of drug-likeness (QED) is 0.413. The van der Waals surface area contributed by atoms with Gasteiger partial charge in [-0.2, -0.15) is 0 Å². The molecule has 0 heterocycles. The molecule has 0 saturated carbocycles. The number of non-ortho nitro benzene ring substituents is 1. The lowest BCUT2D eigenvalue weighted by molar-refractivity contribution is -0.384. The smallest absolute Gasteiger partial charge is 0.273 e. The predicted molar refractivity (Wildman–Crippen MR) is 81.4 cm³/mol. The van der Waals surface area contributed by atoms with Crippen molar-refractivity contribution in [2.75, 3.05) is 37.4 Å². The van der Waals surface area contributed by atoms with Crippen molar-refractivity contribution in [1.29, 1.82) is 0 Å². The van der Waals surface area contributed by atoms with E-state index in [4.69, 9.17) is 4.74 Å². The lowest BCUT2D eigenvalue weighted by atomic mass is 10.1. The van der Waals surface area contributed by atoms with Crippen molar-refractivity contribution in [1.82, 2.24) is 0 Å². The average molecular weight is 281 g/mol. The lowest BCUT2D eigenvalue weighted by Gasteiger charge is -2.10. The predicted octanol–water partition coefficient (Wildman–Crippen LogP) is 3.11. The van der Waals surface area contributed by atoms with Crippen LogP contribution in [0.2, 0.25) is 0 Å². The highest BCUT2D eigenvalue weighted by molar-refractivity contribution is 5.63. The second-order valence-electron chi connectivity index (χ2n) is 5.00. The summed E-state index contributed by atoms with van der Waals surface area (Å²) in [5.74, 6) is 0.637. The van der Waals surface area contributed by atoms with Gasteiger partial charge in [0.15, 0.2) is 0 Å². The Morgan fingerprint density at radius 1 is 1.25 bits per heavy atom. The summed E-state index contributed by atoms with van der Waals surface area (Å²) in [7, 11) is 1.73. The number of nitro benzene ring substituents is 1. The van der Waals surface area contributed by atoms with Crippen molar-refractivity contribution >= 4 is 17.1 Å². The Labute approximate surface area is 119 Å². The maximum atomic E-state index is 10.8. The van der Waals surface area contributed by atoms with Gasteiger partial charge in [-0.05, 0) is 18.4 Å². The van der Waals surface area contributed by atoms with Gasteiger partial charge in [0, 0.05) is 43.7 Å². The second-order valence-corrected chi connectivity index (χ2v) is 5.00. The maximum absolute atomic E-state index is 10.8. The Hall–Kier alpha value is -1.82. The minimum Gasteiger partial charge on any atom is -0.388 e. The maximum Gasteiger partial charge on any atom is 0.273 e. The van der Waals surface area contributed by atoms with Crippen LogP contribution in [0.1, 0.15) is 20.3 Å². The highest BCUT2D eigenvalue weighted by Crippen LogP contribution is 2.23. The van der Waals surface area contributed by atoms with E-state index >= 15 is 0 Å². The molecular formula is C14H23N3O3. The zero-order chi connectivity index (χ0) is 15.0. The summed E-state index contributed by atoms with van der Waals surface area (Å²) < 4.78 is 5.49. The molecular weight excluding hydrogens is 258 g/mol. The third-order valence-corrected chi connectivity index (χ3v) is 2.83. The zero-order valence-corrected chi connectivity index (χ0v) is 12.3. The Morgan fingerprint density at radius 2 is 1.95 bits per heavy atom. The van der Waals surface area contributed by atoms with E-state index in [0.717, 1.165) is 18.7 Å². The molecule has 2 N–H and O–H groups in total. The van der Waals surface area contributed by atoms with Crippen molar-refractivity contribution < 1.29 is 9.66 Å². The number of anilines is 2. The van der Waals surface area contributed by atoms with Gasteiger partial charge >= 0.3 is 0 Å². The van der Waals surface area contributed by atoms with E-state index in [1.807, 2.05) is 6.07 Å². The van der Waals surface area contributed by atoms with Crippen LogP contribution in [-0.2, 0) is 4.74 Å². The van der Waals surface area contributed by atoms with Gasteiger partial charge in [-0.15, -0.1) is 0 Å². The minimum atomic E-state index is -0.398. The van der Waals surface area contributed by atoms with Crippen LogP contribution in [0, 0.1) is 16.0 Å². The molecule has 0 aliphatic heterocycles. The number of rotatable bonds is 9. The van der Waals surface area contributed by atoms with Crippen LogP contribution in [-0.4, -0.2) is 31.7 Å². The summed E-state index contributed by atoms with van der Waals surface area (Å²) in [5, 5.41) is 16.9. The molecule has 0 unspecified atom stereocenters. The molecule has 1 rings (SSSR count). The van der Waals surface area contributed by atoms with Crippen LogP contribution in [0.15, 0.2) is 18.2 Å². The fourth-order valence-corrected chi connectivity index (χ4v) is 1.65. The van der Waals surface area contributed by atoms with Crippen LogP contribution in [0.5, 0.6) is 0 Å². The number of nitro groups is 1. The number of ether oxygens (including phenoxy) is 1. The lowest BCUT2D eigenvalue weighted by Crippen LogP contribution is -2.11. The van der Waals surface area contributed by atoms with E-state index in [0.29, 0.717) is 24.8 Å². The van der Waals surface area contributed by atoms with Crippen LogP contribution >= 0.6 is 0 Å². The molecule has 6 nitrogen and oxygen atoms in total. The molecule has 0 aromatic heterocycles. The first-order valence-electron chi connectivity index (χ1n) is 6.81. The van der Waals surface area contributed by atoms with E-state index in [-0.39, 0.29) is 5.69 Å². The monoisotopic (exact) mass is 281 g/mol. The van der Waals surface area contributed by atoms with E-state index < -0.39 is 4.92 Å². The fraction of sp³-hybridized carbons (Fsp3) is 0.571. The molecule has 0 saturated heterocycles. The van der Waals surface area contributed by atoms with E-state index in [2.05, 4.69) is 24.5 Å². The summed E-state index contributed by atoms with van der Waals surface area (Å²) in [6.45, 7) is 6.27.